The van der Waals surface area contributed by atoms with Crippen molar-refractivity contribution in [1.82, 2.24) is 14.8 Å². The summed E-state index contributed by atoms with van der Waals surface area (Å²) in [5.74, 6) is 1.51. The number of hydrogen-bond donors (Lipinski definition) is 0. The lowest BCUT2D eigenvalue weighted by Crippen LogP contribution is -2.08. The molecule has 0 unspecified atom stereocenters. The molecule has 28 heavy (non-hydrogen) atoms. The number of fused-ring (bicyclic) bond motifs is 1. The van der Waals surface area contributed by atoms with Crippen LogP contribution in [0.25, 0.3) is 22.2 Å². The van der Waals surface area contributed by atoms with Crippen LogP contribution in [0, 0.1) is 11.7 Å². The van der Waals surface area contributed by atoms with Crippen LogP contribution in [-0.4, -0.2) is 14.8 Å². The van der Waals surface area contributed by atoms with E-state index in [0.717, 1.165) is 17.5 Å². The quantitative estimate of drug-likeness (QED) is 0.367. The summed E-state index contributed by atoms with van der Waals surface area (Å²) in [6, 6.07) is 21.5. The number of halogens is 1. The summed E-state index contributed by atoms with van der Waals surface area (Å²) in [6.45, 7) is 5.03. The highest BCUT2D eigenvalue weighted by Crippen LogP contribution is 2.30. The van der Waals surface area contributed by atoms with Crippen LogP contribution in [0.15, 0.2) is 71.9 Å². The summed E-state index contributed by atoms with van der Waals surface area (Å²) in [6.07, 6.45) is 0. The van der Waals surface area contributed by atoms with Gasteiger partial charge in [0.15, 0.2) is 11.0 Å². The molecule has 0 amide bonds. The van der Waals surface area contributed by atoms with Gasteiger partial charge in [0.25, 0.3) is 0 Å². The van der Waals surface area contributed by atoms with E-state index in [1.54, 1.807) is 23.9 Å². The average Bonchev–Trinajstić information content (AvgIpc) is 3.08. The second kappa shape index (κ2) is 8.15. The Hall–Kier alpha value is -2.66. The molecule has 0 radical (unpaired) electrons. The summed E-state index contributed by atoms with van der Waals surface area (Å²) in [5, 5.41) is 12.0. The Labute approximate surface area is 168 Å². The minimum absolute atomic E-state index is 0.273. The molecule has 4 aromatic rings. The predicted octanol–water partition coefficient (Wildman–Crippen LogP) is 6.19. The van der Waals surface area contributed by atoms with Crippen molar-refractivity contribution in [1.29, 1.82) is 0 Å². The topological polar surface area (TPSA) is 30.7 Å². The number of benzene rings is 3. The maximum absolute atomic E-state index is 14.3. The maximum atomic E-state index is 14.3. The molecule has 0 bridgehead atoms. The number of hydrogen-bond acceptors (Lipinski definition) is 3. The SMILES string of the molecule is CC(C)Cn1c(SCc2cccc3ccccc23)nnc1-c1ccccc1F. The molecule has 5 heteroatoms. The normalized spacial score (nSPS) is 11.4. The van der Waals surface area contributed by atoms with Crippen molar-refractivity contribution in [2.24, 2.45) is 5.92 Å². The largest absolute Gasteiger partial charge is 0.302 e. The Morgan fingerprint density at radius 3 is 2.50 bits per heavy atom. The van der Waals surface area contributed by atoms with E-state index in [4.69, 9.17) is 0 Å². The van der Waals surface area contributed by atoms with Gasteiger partial charge in [0.1, 0.15) is 5.82 Å². The first kappa shape index (κ1) is 18.7. The van der Waals surface area contributed by atoms with E-state index in [1.165, 1.54) is 22.4 Å². The molecule has 0 atom stereocenters. The zero-order valence-electron chi connectivity index (χ0n) is 16.0. The number of rotatable bonds is 6. The van der Waals surface area contributed by atoms with E-state index in [1.807, 2.05) is 10.6 Å². The highest BCUT2D eigenvalue weighted by molar-refractivity contribution is 7.98. The summed E-state index contributed by atoms with van der Waals surface area (Å²) in [7, 11) is 0. The molecule has 0 aliphatic heterocycles. The number of nitrogens with zero attached hydrogens (tertiary/aromatic N) is 3. The summed E-state index contributed by atoms with van der Waals surface area (Å²) in [4.78, 5) is 0. The first-order valence-corrected chi connectivity index (χ1v) is 10.4. The van der Waals surface area contributed by atoms with E-state index in [-0.39, 0.29) is 5.82 Å². The van der Waals surface area contributed by atoms with Gasteiger partial charge >= 0.3 is 0 Å². The molecule has 4 rings (SSSR count). The fourth-order valence-corrected chi connectivity index (χ4v) is 4.28. The van der Waals surface area contributed by atoms with Gasteiger partial charge < -0.3 is 4.57 Å². The van der Waals surface area contributed by atoms with Crippen LogP contribution in [0.3, 0.4) is 0 Å². The van der Waals surface area contributed by atoms with E-state index >= 15 is 0 Å². The van der Waals surface area contributed by atoms with Gasteiger partial charge in [0, 0.05) is 12.3 Å². The molecule has 3 aromatic carbocycles. The molecule has 142 valence electrons. The third-order valence-electron chi connectivity index (χ3n) is 4.62. The zero-order chi connectivity index (χ0) is 19.5. The van der Waals surface area contributed by atoms with Crippen molar-refractivity contribution in [3.63, 3.8) is 0 Å². The molecule has 1 heterocycles. The lowest BCUT2D eigenvalue weighted by Gasteiger charge is -2.13. The predicted molar refractivity (Wildman–Crippen MR) is 114 cm³/mol. The summed E-state index contributed by atoms with van der Waals surface area (Å²) < 4.78 is 16.4. The van der Waals surface area contributed by atoms with Crippen molar-refractivity contribution in [2.45, 2.75) is 31.3 Å². The third kappa shape index (κ3) is 3.80. The van der Waals surface area contributed by atoms with Crippen molar-refractivity contribution < 1.29 is 4.39 Å². The maximum Gasteiger partial charge on any atom is 0.191 e. The van der Waals surface area contributed by atoms with Gasteiger partial charge in [-0.1, -0.05) is 80.2 Å². The number of aromatic nitrogens is 3. The van der Waals surface area contributed by atoms with E-state index < -0.39 is 0 Å². The van der Waals surface area contributed by atoms with Gasteiger partial charge in [0.2, 0.25) is 0 Å². The van der Waals surface area contributed by atoms with Gasteiger partial charge in [0.05, 0.1) is 5.56 Å². The van der Waals surface area contributed by atoms with Crippen molar-refractivity contribution in [3.05, 3.63) is 78.1 Å². The molecular formula is C23H22FN3S. The lowest BCUT2D eigenvalue weighted by molar-refractivity contribution is 0.496. The second-order valence-corrected chi connectivity index (χ2v) is 8.16. The van der Waals surface area contributed by atoms with Crippen LogP contribution in [0.4, 0.5) is 4.39 Å². The summed E-state index contributed by atoms with van der Waals surface area (Å²) in [5.41, 5.74) is 1.75. The minimum Gasteiger partial charge on any atom is -0.302 e. The first-order chi connectivity index (χ1) is 13.6. The van der Waals surface area contributed by atoms with Gasteiger partial charge in [-0.2, -0.15) is 0 Å². The Morgan fingerprint density at radius 2 is 1.68 bits per heavy atom. The fraction of sp³-hybridized carbons (Fsp3) is 0.217. The average molecular weight is 392 g/mol. The molecule has 0 saturated carbocycles. The van der Waals surface area contributed by atoms with E-state index in [0.29, 0.717) is 17.3 Å². The van der Waals surface area contributed by atoms with Gasteiger partial charge in [-0.25, -0.2) is 4.39 Å². The Kier molecular flexibility index (Phi) is 5.44. The highest BCUT2D eigenvalue weighted by Gasteiger charge is 2.18. The van der Waals surface area contributed by atoms with Crippen LogP contribution >= 0.6 is 11.8 Å². The minimum atomic E-state index is -0.273. The van der Waals surface area contributed by atoms with Crippen LogP contribution in [0.5, 0.6) is 0 Å². The standard InChI is InChI=1S/C23H22FN3S/c1-16(2)14-27-22(20-12-5-6-13-21(20)24)25-26-23(27)28-15-18-10-7-9-17-8-3-4-11-19(17)18/h3-13,16H,14-15H2,1-2H3. The van der Waals surface area contributed by atoms with Crippen molar-refractivity contribution in [2.75, 3.05) is 0 Å². The molecule has 3 nitrogen and oxygen atoms in total. The second-order valence-electron chi connectivity index (χ2n) is 7.22. The van der Waals surface area contributed by atoms with Crippen LogP contribution in [0.2, 0.25) is 0 Å². The highest BCUT2D eigenvalue weighted by atomic mass is 32.2. The summed E-state index contributed by atoms with van der Waals surface area (Å²) >= 11 is 1.65. The van der Waals surface area contributed by atoms with Gasteiger partial charge in [-0.3, -0.25) is 0 Å². The fourth-order valence-electron chi connectivity index (χ4n) is 3.33. The van der Waals surface area contributed by atoms with Crippen LogP contribution in [-0.2, 0) is 12.3 Å². The Bertz CT molecular complexity index is 1100. The van der Waals surface area contributed by atoms with Crippen molar-refractivity contribution in [3.8, 4) is 11.4 Å². The molecule has 0 saturated heterocycles. The zero-order valence-corrected chi connectivity index (χ0v) is 16.8. The first-order valence-electron chi connectivity index (χ1n) is 9.41. The van der Waals surface area contributed by atoms with Crippen molar-refractivity contribution >= 4 is 22.5 Å². The third-order valence-corrected chi connectivity index (χ3v) is 5.63. The van der Waals surface area contributed by atoms with Crippen LogP contribution in [0.1, 0.15) is 19.4 Å². The molecule has 0 aliphatic carbocycles. The molecule has 0 fully saturated rings. The van der Waals surface area contributed by atoms with Crippen LogP contribution < -0.4 is 0 Å². The lowest BCUT2D eigenvalue weighted by atomic mass is 10.1. The van der Waals surface area contributed by atoms with Gasteiger partial charge in [-0.15, -0.1) is 10.2 Å². The van der Waals surface area contributed by atoms with Gasteiger partial charge in [-0.05, 0) is 34.4 Å². The Morgan fingerprint density at radius 1 is 0.929 bits per heavy atom. The molecule has 0 spiro atoms. The molecule has 0 aliphatic rings. The molecular weight excluding hydrogens is 369 g/mol. The molecule has 0 N–H and O–H groups in total. The smallest absolute Gasteiger partial charge is 0.191 e. The number of thioether (sulfide) groups is 1. The van der Waals surface area contributed by atoms with E-state index in [9.17, 15) is 4.39 Å². The van der Waals surface area contributed by atoms with E-state index in [2.05, 4.69) is 66.5 Å². The molecule has 1 aromatic heterocycles. The Balaban J connectivity index is 1.67. The monoisotopic (exact) mass is 391 g/mol.